The number of rotatable bonds is 6. The van der Waals surface area contributed by atoms with Crippen LogP contribution in [0.2, 0.25) is 0 Å². The molecule has 0 radical (unpaired) electrons. The molecule has 63 heavy (non-hydrogen) atoms. The second-order valence-electron chi connectivity index (χ2n) is 16.2. The van der Waals surface area contributed by atoms with Gasteiger partial charge < -0.3 is 4.57 Å². The van der Waals surface area contributed by atoms with Crippen LogP contribution in [0, 0.1) is 5.41 Å². The molecule has 1 N–H and O–H groups in total. The van der Waals surface area contributed by atoms with Crippen molar-refractivity contribution in [2.75, 3.05) is 0 Å². The van der Waals surface area contributed by atoms with E-state index in [-0.39, 0.29) is 5.84 Å². The van der Waals surface area contributed by atoms with E-state index in [9.17, 15) is 5.41 Å². The molecule has 0 bridgehead atoms. The van der Waals surface area contributed by atoms with Gasteiger partial charge in [0, 0.05) is 27.6 Å². The van der Waals surface area contributed by atoms with Gasteiger partial charge in [-0.15, -0.1) is 0 Å². The molecule has 0 aliphatic carbocycles. The highest BCUT2D eigenvalue weighted by Crippen LogP contribution is 2.46. The summed E-state index contributed by atoms with van der Waals surface area (Å²) in [6.45, 7) is 0. The molecule has 294 valence electrons. The minimum atomic E-state index is 0.210. The monoisotopic (exact) mass is 801 g/mol. The SMILES string of the molecule is N=C(N=C(/C=C/c1c2ccccc2c(-c2c3ccccc3cc3c2ccc2ccccc23)c2ccccc12)c1ccc(-n2c3ccccc3c3ccccc32)cc1)c1ccccc1. The first-order chi connectivity index (χ1) is 31.2. The standard InChI is InChI=1S/C60H39N3/c61-60(41-17-2-1-3-18-41)62-55(40-30-33-43(34-31-40)63-56-28-14-12-24-49(56)50-25-13-15-29-57(50)63)37-36-48-46-22-8-10-26-51(46)59(52-27-11-9-23-47(48)52)58-45-21-7-5-19-42(45)38-54-44-20-6-4-16-39(44)32-35-53(54)58/h1-38,61H/b37-36+,61-60?,62-55?. The number of hydrogen-bond acceptors (Lipinski definition) is 1. The van der Waals surface area contributed by atoms with Gasteiger partial charge in [-0.05, 0) is 107 Å². The first kappa shape index (κ1) is 36.5. The molecule has 3 heteroatoms. The third kappa shape index (κ3) is 6.05. The maximum Gasteiger partial charge on any atom is 0.152 e. The van der Waals surface area contributed by atoms with E-state index in [0.29, 0.717) is 5.71 Å². The first-order valence-corrected chi connectivity index (χ1v) is 21.5. The Balaban J connectivity index is 1.06. The molecule has 0 saturated heterocycles. The van der Waals surface area contributed by atoms with Gasteiger partial charge in [0.25, 0.3) is 0 Å². The number of aromatic nitrogens is 1. The average molecular weight is 802 g/mol. The zero-order chi connectivity index (χ0) is 41.9. The molecule has 0 unspecified atom stereocenters. The fourth-order valence-corrected chi connectivity index (χ4v) is 9.82. The van der Waals surface area contributed by atoms with E-state index in [0.717, 1.165) is 44.2 Å². The molecule has 3 nitrogen and oxygen atoms in total. The lowest BCUT2D eigenvalue weighted by atomic mass is 9.83. The zero-order valence-corrected chi connectivity index (χ0v) is 34.3. The van der Waals surface area contributed by atoms with E-state index >= 15 is 0 Å². The minimum Gasteiger partial charge on any atom is -0.309 e. The highest BCUT2D eigenvalue weighted by molar-refractivity contribution is 6.28. The Bertz CT molecular complexity index is 3740. The van der Waals surface area contributed by atoms with Crippen molar-refractivity contribution in [3.8, 4) is 16.8 Å². The molecule has 12 rings (SSSR count). The summed E-state index contributed by atoms with van der Waals surface area (Å²) in [6, 6.07) is 77.6. The van der Waals surface area contributed by atoms with Crippen molar-refractivity contribution in [1.82, 2.24) is 4.57 Å². The molecule has 0 aliphatic heterocycles. The van der Waals surface area contributed by atoms with Gasteiger partial charge in [-0.3, -0.25) is 5.41 Å². The normalized spacial score (nSPS) is 12.2. The summed E-state index contributed by atoms with van der Waals surface area (Å²) in [5, 5.41) is 23.8. The number of fused-ring (bicyclic) bond motifs is 9. The zero-order valence-electron chi connectivity index (χ0n) is 34.3. The molecule has 0 atom stereocenters. The van der Waals surface area contributed by atoms with Crippen LogP contribution in [-0.2, 0) is 0 Å². The number of amidine groups is 1. The lowest BCUT2D eigenvalue weighted by molar-refractivity contribution is 1.18. The van der Waals surface area contributed by atoms with E-state index in [1.54, 1.807) is 0 Å². The number of benzene rings is 11. The van der Waals surface area contributed by atoms with Crippen molar-refractivity contribution in [3.05, 3.63) is 241 Å². The number of hydrogen-bond donors (Lipinski definition) is 1. The Labute approximate surface area is 364 Å². The largest absolute Gasteiger partial charge is 0.309 e. The van der Waals surface area contributed by atoms with Crippen LogP contribution >= 0.6 is 0 Å². The number of nitrogens with one attached hydrogen (secondary N) is 1. The highest BCUT2D eigenvalue weighted by atomic mass is 15.0. The summed E-state index contributed by atoms with van der Waals surface area (Å²) in [4.78, 5) is 5.05. The summed E-state index contributed by atoms with van der Waals surface area (Å²) in [5.74, 6) is 0.210. The molecule has 0 saturated carbocycles. The average Bonchev–Trinajstić information content (AvgIpc) is 3.69. The molecular formula is C60H39N3. The fraction of sp³-hybridized carbons (Fsp3) is 0. The second kappa shape index (κ2) is 14.9. The molecule has 0 aliphatic rings. The molecule has 0 spiro atoms. The van der Waals surface area contributed by atoms with Crippen LogP contribution in [0.4, 0.5) is 0 Å². The highest BCUT2D eigenvalue weighted by Gasteiger charge is 2.20. The second-order valence-corrected chi connectivity index (χ2v) is 16.2. The lowest BCUT2D eigenvalue weighted by Gasteiger charge is -2.20. The van der Waals surface area contributed by atoms with Crippen molar-refractivity contribution in [2.24, 2.45) is 4.99 Å². The van der Waals surface area contributed by atoms with Crippen LogP contribution in [-0.4, -0.2) is 16.1 Å². The summed E-state index contributed by atoms with van der Waals surface area (Å²) in [7, 11) is 0. The van der Waals surface area contributed by atoms with Crippen molar-refractivity contribution >= 4 is 93.3 Å². The van der Waals surface area contributed by atoms with E-state index < -0.39 is 0 Å². The Morgan fingerprint density at radius 1 is 0.381 bits per heavy atom. The molecule has 1 aromatic heterocycles. The van der Waals surface area contributed by atoms with Crippen molar-refractivity contribution in [2.45, 2.75) is 0 Å². The van der Waals surface area contributed by atoms with Gasteiger partial charge >= 0.3 is 0 Å². The van der Waals surface area contributed by atoms with Gasteiger partial charge in [-0.25, -0.2) is 4.99 Å². The molecule has 1 heterocycles. The summed E-state index contributed by atoms with van der Waals surface area (Å²) in [5.41, 5.74) is 9.39. The van der Waals surface area contributed by atoms with Crippen LogP contribution < -0.4 is 0 Å². The smallest absolute Gasteiger partial charge is 0.152 e. The predicted octanol–water partition coefficient (Wildman–Crippen LogP) is 15.7. The molecule has 0 fully saturated rings. The Morgan fingerprint density at radius 2 is 0.873 bits per heavy atom. The van der Waals surface area contributed by atoms with Gasteiger partial charge in [0.2, 0.25) is 0 Å². The first-order valence-electron chi connectivity index (χ1n) is 21.5. The minimum absolute atomic E-state index is 0.210. The van der Waals surface area contributed by atoms with Crippen LogP contribution in [0.5, 0.6) is 0 Å². The third-order valence-corrected chi connectivity index (χ3v) is 12.7. The number of para-hydroxylation sites is 2. The van der Waals surface area contributed by atoms with E-state index in [2.05, 4.69) is 205 Å². The summed E-state index contributed by atoms with van der Waals surface area (Å²) >= 11 is 0. The lowest BCUT2D eigenvalue weighted by Crippen LogP contribution is -2.04. The summed E-state index contributed by atoms with van der Waals surface area (Å²) in [6.07, 6.45) is 4.31. The molecular weight excluding hydrogens is 763 g/mol. The van der Waals surface area contributed by atoms with Crippen LogP contribution in [0.1, 0.15) is 16.7 Å². The van der Waals surface area contributed by atoms with E-state index in [1.165, 1.54) is 65.0 Å². The van der Waals surface area contributed by atoms with Crippen LogP contribution in [0.3, 0.4) is 0 Å². The van der Waals surface area contributed by atoms with Crippen molar-refractivity contribution in [3.63, 3.8) is 0 Å². The quantitative estimate of drug-likeness (QED) is 0.0753. The predicted molar refractivity (Wildman–Crippen MR) is 269 cm³/mol. The van der Waals surface area contributed by atoms with Gasteiger partial charge in [0.15, 0.2) is 5.84 Å². The van der Waals surface area contributed by atoms with Crippen LogP contribution in [0.15, 0.2) is 229 Å². The van der Waals surface area contributed by atoms with E-state index in [1.807, 2.05) is 30.3 Å². The fourth-order valence-electron chi connectivity index (χ4n) is 9.82. The maximum absolute atomic E-state index is 9.17. The molecule has 12 aromatic rings. The number of allylic oxidation sites excluding steroid dienone is 1. The molecule has 11 aromatic carbocycles. The van der Waals surface area contributed by atoms with Crippen LogP contribution in [0.25, 0.3) is 98.6 Å². The van der Waals surface area contributed by atoms with Gasteiger partial charge in [0.1, 0.15) is 0 Å². The van der Waals surface area contributed by atoms with Gasteiger partial charge in [0.05, 0.1) is 16.7 Å². The number of nitrogens with zero attached hydrogens (tertiary/aromatic N) is 2. The third-order valence-electron chi connectivity index (χ3n) is 12.7. The number of aliphatic imine (C=N–C) groups is 1. The van der Waals surface area contributed by atoms with E-state index in [4.69, 9.17) is 4.99 Å². The van der Waals surface area contributed by atoms with Crippen molar-refractivity contribution < 1.29 is 0 Å². The summed E-state index contributed by atoms with van der Waals surface area (Å²) < 4.78 is 2.33. The maximum atomic E-state index is 9.17. The van der Waals surface area contributed by atoms with Gasteiger partial charge in [-0.1, -0.05) is 194 Å². The van der Waals surface area contributed by atoms with Crippen molar-refractivity contribution in [1.29, 1.82) is 5.41 Å². The molecule has 0 amide bonds. The topological polar surface area (TPSA) is 41.1 Å². The van der Waals surface area contributed by atoms with Gasteiger partial charge in [-0.2, -0.15) is 0 Å². The Kier molecular flexibility index (Phi) is 8.65. The Hall–Kier alpha value is -8.40. The Morgan fingerprint density at radius 3 is 1.52 bits per heavy atom.